The molecule has 0 saturated heterocycles. The van der Waals surface area contributed by atoms with Gasteiger partial charge in [-0.2, -0.15) is 0 Å². The molecule has 2 aromatic carbocycles. The quantitative estimate of drug-likeness (QED) is 0.477. The molecule has 0 spiro atoms. The van der Waals surface area contributed by atoms with Crippen LogP contribution in [0.1, 0.15) is 17.2 Å². The molecule has 0 aliphatic carbocycles. The summed E-state index contributed by atoms with van der Waals surface area (Å²) in [4.78, 5) is 18.1. The topological polar surface area (TPSA) is 68.5 Å². The maximum absolute atomic E-state index is 11.9. The first-order valence-electron chi connectivity index (χ1n) is 8.74. The second kappa shape index (κ2) is 7.70. The number of rotatable bonds is 4. The molecule has 4 rings (SSSR count). The summed E-state index contributed by atoms with van der Waals surface area (Å²) in [6.45, 7) is 0.703. The minimum atomic E-state index is -0.370. The van der Waals surface area contributed by atoms with Crippen LogP contribution in [-0.2, 0) is 11.2 Å². The van der Waals surface area contributed by atoms with Crippen LogP contribution >= 0.6 is 23.2 Å². The Hall–Kier alpha value is -2.76. The lowest BCUT2D eigenvalue weighted by Crippen LogP contribution is -2.36. The molecule has 2 heterocycles. The van der Waals surface area contributed by atoms with Crippen molar-refractivity contribution >= 4 is 40.9 Å². The van der Waals surface area contributed by atoms with Crippen LogP contribution in [-0.4, -0.2) is 17.8 Å². The maximum Gasteiger partial charge on any atom is 0.164 e. The fourth-order valence-corrected chi connectivity index (χ4v) is 4.03. The zero-order valence-electron chi connectivity index (χ0n) is 14.8. The summed E-state index contributed by atoms with van der Waals surface area (Å²) in [7, 11) is 0. The van der Waals surface area contributed by atoms with E-state index in [1.807, 2.05) is 30.3 Å². The zero-order chi connectivity index (χ0) is 19.7. The highest BCUT2D eigenvalue weighted by Crippen LogP contribution is 2.40. The third-order valence-electron chi connectivity index (χ3n) is 4.74. The van der Waals surface area contributed by atoms with Gasteiger partial charge in [0.05, 0.1) is 21.9 Å². The molecule has 1 atom stereocenters. The number of anilines is 2. The molecule has 0 bridgehead atoms. The van der Waals surface area contributed by atoms with Gasteiger partial charge in [0.1, 0.15) is 18.1 Å². The third kappa shape index (κ3) is 3.51. The number of ether oxygens (including phenoxy) is 1. The largest absolute Gasteiger partial charge is 0.454 e. The molecule has 28 heavy (non-hydrogen) atoms. The maximum atomic E-state index is 11.9. The molecule has 7 heteroatoms. The molecule has 2 N–H and O–H groups in total. The number of benzene rings is 2. The van der Waals surface area contributed by atoms with E-state index >= 15 is 0 Å². The number of aromatic nitrogens is 1. The minimum Gasteiger partial charge on any atom is -0.454 e. The number of nitrogens with zero attached hydrogens (tertiary/aromatic N) is 2. The summed E-state index contributed by atoms with van der Waals surface area (Å²) < 4.78 is 5.91. The monoisotopic (exact) mass is 413 g/mol. The van der Waals surface area contributed by atoms with Crippen LogP contribution < -0.4 is 15.4 Å². The predicted octanol–water partition coefficient (Wildman–Crippen LogP) is 5.07. The van der Waals surface area contributed by atoms with Gasteiger partial charge in [0, 0.05) is 18.4 Å². The van der Waals surface area contributed by atoms with E-state index in [1.54, 1.807) is 24.5 Å². The highest BCUT2D eigenvalue weighted by atomic mass is 35.5. The molecule has 3 aromatic rings. The van der Waals surface area contributed by atoms with Crippen LogP contribution in [0.25, 0.3) is 0 Å². The summed E-state index contributed by atoms with van der Waals surface area (Å²) in [5, 5.41) is 0.687. The van der Waals surface area contributed by atoms with Gasteiger partial charge in [0.15, 0.2) is 5.75 Å². The minimum absolute atomic E-state index is 0.344. The van der Waals surface area contributed by atoms with Crippen LogP contribution in [0.15, 0.2) is 54.9 Å². The van der Waals surface area contributed by atoms with E-state index in [1.165, 1.54) is 0 Å². The van der Waals surface area contributed by atoms with Crippen LogP contribution in [0, 0.1) is 0 Å². The average Bonchev–Trinajstić information content (AvgIpc) is 2.70. The summed E-state index contributed by atoms with van der Waals surface area (Å²) in [5.74, 6) is 0.962. The number of carbonyl (C=O) groups is 1. The molecule has 1 aliphatic rings. The van der Waals surface area contributed by atoms with E-state index in [9.17, 15) is 4.79 Å². The van der Waals surface area contributed by atoms with E-state index in [2.05, 4.69) is 9.88 Å². The van der Waals surface area contributed by atoms with Crippen molar-refractivity contribution in [2.75, 3.05) is 17.2 Å². The van der Waals surface area contributed by atoms with Gasteiger partial charge in [0.2, 0.25) is 0 Å². The molecule has 5 nitrogen and oxygen atoms in total. The number of carbonyl (C=O) groups excluding carboxylic acids is 1. The SMILES string of the molecule is Nc1cc(Cl)c(Oc2ccc3c(c2)CCN(c2cccnc2)C3C=O)c(Cl)c1. The second-order valence-corrected chi connectivity index (χ2v) is 7.33. The molecule has 1 aliphatic heterocycles. The second-order valence-electron chi connectivity index (χ2n) is 6.51. The smallest absolute Gasteiger partial charge is 0.164 e. The summed E-state index contributed by atoms with van der Waals surface area (Å²) in [5.41, 5.74) is 9.13. The van der Waals surface area contributed by atoms with Gasteiger partial charge in [-0.15, -0.1) is 0 Å². The van der Waals surface area contributed by atoms with Crippen molar-refractivity contribution in [2.24, 2.45) is 0 Å². The molecule has 0 fully saturated rings. The van der Waals surface area contributed by atoms with Crippen molar-refractivity contribution < 1.29 is 9.53 Å². The van der Waals surface area contributed by atoms with Gasteiger partial charge >= 0.3 is 0 Å². The number of hydrogen-bond donors (Lipinski definition) is 1. The van der Waals surface area contributed by atoms with Gasteiger partial charge in [-0.1, -0.05) is 29.3 Å². The Morgan fingerprint density at radius 1 is 1.18 bits per heavy atom. The Labute approximate surface area is 172 Å². The highest BCUT2D eigenvalue weighted by molar-refractivity contribution is 6.37. The van der Waals surface area contributed by atoms with E-state index in [4.69, 9.17) is 33.7 Å². The van der Waals surface area contributed by atoms with Gasteiger partial charge in [-0.25, -0.2) is 0 Å². The number of nitrogens with two attached hydrogens (primary N) is 1. The Kier molecular flexibility index (Phi) is 5.11. The summed E-state index contributed by atoms with van der Waals surface area (Å²) in [6.07, 6.45) is 5.21. The normalized spacial score (nSPS) is 15.8. The van der Waals surface area contributed by atoms with E-state index < -0.39 is 0 Å². The van der Waals surface area contributed by atoms with E-state index in [0.29, 0.717) is 33.8 Å². The number of pyridine rings is 1. The molecule has 0 saturated carbocycles. The Bertz CT molecular complexity index is 1000. The first-order valence-corrected chi connectivity index (χ1v) is 9.49. The lowest BCUT2D eigenvalue weighted by molar-refractivity contribution is -0.109. The van der Waals surface area contributed by atoms with Crippen molar-refractivity contribution in [1.29, 1.82) is 0 Å². The molecular weight excluding hydrogens is 397 g/mol. The molecule has 0 radical (unpaired) electrons. The van der Waals surface area contributed by atoms with Gasteiger partial charge in [-0.3, -0.25) is 4.98 Å². The first-order chi connectivity index (χ1) is 13.6. The fourth-order valence-electron chi connectivity index (χ4n) is 3.45. The number of fused-ring (bicyclic) bond motifs is 1. The highest BCUT2D eigenvalue weighted by Gasteiger charge is 2.28. The average molecular weight is 414 g/mol. The van der Waals surface area contributed by atoms with Crippen molar-refractivity contribution in [1.82, 2.24) is 4.98 Å². The van der Waals surface area contributed by atoms with Gasteiger partial charge < -0.3 is 20.2 Å². The zero-order valence-corrected chi connectivity index (χ0v) is 16.3. The Morgan fingerprint density at radius 2 is 1.96 bits per heavy atom. The lowest BCUT2D eigenvalue weighted by atomic mass is 9.92. The molecule has 0 amide bonds. The van der Waals surface area contributed by atoms with Crippen molar-refractivity contribution in [2.45, 2.75) is 12.5 Å². The van der Waals surface area contributed by atoms with Crippen molar-refractivity contribution in [3.63, 3.8) is 0 Å². The van der Waals surface area contributed by atoms with Crippen molar-refractivity contribution in [3.05, 3.63) is 76.0 Å². The molecule has 142 valence electrons. The number of nitrogen functional groups attached to an aromatic ring is 1. The third-order valence-corrected chi connectivity index (χ3v) is 5.30. The van der Waals surface area contributed by atoms with Crippen LogP contribution in [0.2, 0.25) is 10.0 Å². The standard InChI is InChI=1S/C21H17Cl2N3O2/c22-18-9-14(24)10-19(23)21(18)28-16-3-4-17-13(8-16)5-7-26(20(17)12-27)15-2-1-6-25-11-15/h1-4,6,8-12,20H,5,7,24H2. The van der Waals surface area contributed by atoms with E-state index in [-0.39, 0.29) is 6.04 Å². The first kappa shape index (κ1) is 18.6. The number of halogens is 2. The molecular formula is C21H17Cl2N3O2. The van der Waals surface area contributed by atoms with E-state index in [0.717, 1.165) is 29.5 Å². The van der Waals surface area contributed by atoms with Gasteiger partial charge in [0.25, 0.3) is 0 Å². The molecule has 1 unspecified atom stereocenters. The van der Waals surface area contributed by atoms with Crippen LogP contribution in [0.3, 0.4) is 0 Å². The number of hydrogen-bond acceptors (Lipinski definition) is 5. The molecule has 1 aromatic heterocycles. The van der Waals surface area contributed by atoms with Crippen LogP contribution in [0.5, 0.6) is 11.5 Å². The summed E-state index contributed by atoms with van der Waals surface area (Å²) >= 11 is 12.4. The predicted molar refractivity (Wildman–Crippen MR) is 111 cm³/mol. The Balaban J connectivity index is 1.64. The van der Waals surface area contributed by atoms with Gasteiger partial charge in [-0.05, 0) is 53.9 Å². The lowest BCUT2D eigenvalue weighted by Gasteiger charge is -2.35. The van der Waals surface area contributed by atoms with Crippen LogP contribution in [0.4, 0.5) is 11.4 Å². The fraction of sp³-hybridized carbons (Fsp3) is 0.143. The summed E-state index contributed by atoms with van der Waals surface area (Å²) in [6, 6.07) is 12.3. The Morgan fingerprint density at radius 3 is 2.64 bits per heavy atom. The number of aldehydes is 1. The van der Waals surface area contributed by atoms with Crippen molar-refractivity contribution in [3.8, 4) is 11.5 Å².